The zero-order chi connectivity index (χ0) is 31.9. The first-order valence-corrected chi connectivity index (χ1v) is 15.4. The number of fused-ring (bicyclic) bond motifs is 2. The highest BCUT2D eigenvalue weighted by Crippen LogP contribution is 2.34. The summed E-state index contributed by atoms with van der Waals surface area (Å²) in [5.74, 6) is 0.276. The van der Waals surface area contributed by atoms with Crippen LogP contribution in [0.15, 0.2) is 90.2 Å². The average Bonchev–Trinajstić information content (AvgIpc) is 3.38. The number of benzene rings is 3. The van der Waals surface area contributed by atoms with Crippen LogP contribution in [0.1, 0.15) is 38.8 Å². The first-order chi connectivity index (χ1) is 21.3. The van der Waals surface area contributed by atoms with Crippen LogP contribution in [0, 0.1) is 12.7 Å². The lowest BCUT2D eigenvalue weighted by Crippen LogP contribution is -2.26. The second-order valence-electron chi connectivity index (χ2n) is 12.4. The quantitative estimate of drug-likeness (QED) is 0.120. The van der Waals surface area contributed by atoms with Gasteiger partial charge in [0.2, 0.25) is 0 Å². The molecule has 0 unspecified atom stereocenters. The van der Waals surface area contributed by atoms with Crippen LogP contribution in [0.3, 0.4) is 0 Å². The van der Waals surface area contributed by atoms with Crippen LogP contribution < -0.4 is 10.0 Å². The highest BCUT2D eigenvalue weighted by atomic mass is 32.2. The lowest BCUT2D eigenvalue weighted by molar-refractivity contribution is 0.0591. The fraction of sp³-hybridized carbons (Fsp3) is 0.229. The van der Waals surface area contributed by atoms with Gasteiger partial charge in [0, 0.05) is 50.4 Å². The Kier molecular flexibility index (Phi) is 7.98. The molecule has 10 heteroatoms. The molecule has 3 aromatic carbocycles. The number of halogens is 1. The summed E-state index contributed by atoms with van der Waals surface area (Å²) in [7, 11) is 0. The number of anilines is 3. The molecule has 6 rings (SSSR count). The summed E-state index contributed by atoms with van der Waals surface area (Å²) in [5, 5.41) is 31.5. The van der Waals surface area contributed by atoms with Crippen molar-refractivity contribution >= 4 is 50.8 Å². The maximum atomic E-state index is 14.1. The molecule has 4 N–H and O–H groups in total. The lowest BCUT2D eigenvalue weighted by atomic mass is 9.98. The summed E-state index contributed by atoms with van der Waals surface area (Å²) in [6.07, 6.45) is 5.49. The van der Waals surface area contributed by atoms with Crippen molar-refractivity contribution in [1.29, 1.82) is 0 Å². The molecule has 0 aliphatic rings. The molecule has 45 heavy (non-hydrogen) atoms. The van der Waals surface area contributed by atoms with Gasteiger partial charge in [-0.2, -0.15) is 5.10 Å². The fourth-order valence-electron chi connectivity index (χ4n) is 5.26. The van der Waals surface area contributed by atoms with Gasteiger partial charge in [-0.25, -0.2) is 9.37 Å². The first kappa shape index (κ1) is 30.5. The summed E-state index contributed by atoms with van der Waals surface area (Å²) in [6.45, 7) is 9.28. The van der Waals surface area contributed by atoms with Gasteiger partial charge in [-0.05, 0) is 118 Å². The Bertz CT molecular complexity index is 2010. The van der Waals surface area contributed by atoms with Crippen molar-refractivity contribution in [3.8, 4) is 11.3 Å². The van der Waals surface area contributed by atoms with Crippen LogP contribution in [0.25, 0.3) is 32.9 Å². The molecule has 230 valence electrons. The van der Waals surface area contributed by atoms with Gasteiger partial charge in [0.1, 0.15) is 11.6 Å². The van der Waals surface area contributed by atoms with Crippen molar-refractivity contribution in [1.82, 2.24) is 19.7 Å². The van der Waals surface area contributed by atoms with Gasteiger partial charge in [0.25, 0.3) is 0 Å². The van der Waals surface area contributed by atoms with Crippen LogP contribution in [0.5, 0.6) is 0 Å². The van der Waals surface area contributed by atoms with Crippen LogP contribution in [-0.2, 0) is 12.1 Å². The number of aliphatic hydroxyl groups is 2. The van der Waals surface area contributed by atoms with E-state index in [9.17, 15) is 14.6 Å². The van der Waals surface area contributed by atoms with Gasteiger partial charge in [-0.1, -0.05) is 6.07 Å². The molecular weight excluding hydrogens is 587 g/mol. The first-order valence-electron chi connectivity index (χ1n) is 14.6. The maximum Gasteiger partial charge on any atom is 0.130 e. The number of aromatic nitrogens is 4. The van der Waals surface area contributed by atoms with Gasteiger partial charge in [0.15, 0.2) is 0 Å². The zero-order valence-corrected chi connectivity index (χ0v) is 26.6. The van der Waals surface area contributed by atoms with Crippen molar-refractivity contribution in [2.24, 2.45) is 0 Å². The number of hydrogen-bond donors (Lipinski definition) is 4. The van der Waals surface area contributed by atoms with E-state index in [4.69, 9.17) is 4.98 Å². The molecule has 6 aromatic rings. The van der Waals surface area contributed by atoms with Crippen molar-refractivity contribution in [2.45, 2.75) is 57.3 Å². The van der Waals surface area contributed by atoms with E-state index in [1.54, 1.807) is 40.0 Å². The molecule has 0 bridgehead atoms. The number of rotatable bonds is 9. The highest BCUT2D eigenvalue weighted by Gasteiger charge is 2.19. The van der Waals surface area contributed by atoms with Crippen molar-refractivity contribution < 1.29 is 14.6 Å². The molecule has 0 saturated heterocycles. The summed E-state index contributed by atoms with van der Waals surface area (Å²) < 4.78 is 19.1. The average molecular weight is 623 g/mol. The number of hydrogen-bond acceptors (Lipinski definition) is 8. The molecule has 3 aromatic heterocycles. The van der Waals surface area contributed by atoms with Crippen LogP contribution in [0.4, 0.5) is 21.6 Å². The second kappa shape index (κ2) is 11.8. The Labute approximate surface area is 265 Å². The van der Waals surface area contributed by atoms with Gasteiger partial charge >= 0.3 is 0 Å². The van der Waals surface area contributed by atoms with Gasteiger partial charge in [-0.15, -0.1) is 0 Å². The second-order valence-corrected chi connectivity index (χ2v) is 13.3. The van der Waals surface area contributed by atoms with Crippen LogP contribution in [-0.4, -0.2) is 35.6 Å². The number of nitrogens with one attached hydrogen (secondary N) is 2. The van der Waals surface area contributed by atoms with E-state index in [1.165, 1.54) is 24.1 Å². The summed E-state index contributed by atoms with van der Waals surface area (Å²) >= 11 is 1.36. The minimum absolute atomic E-state index is 0.398. The monoisotopic (exact) mass is 622 g/mol. The number of aryl methyl sites for hydroxylation is 1. The van der Waals surface area contributed by atoms with Crippen LogP contribution in [0.2, 0.25) is 0 Å². The molecule has 0 atom stereocenters. The summed E-state index contributed by atoms with van der Waals surface area (Å²) in [6, 6.07) is 20.4. The molecule has 0 amide bonds. The van der Waals surface area contributed by atoms with Gasteiger partial charge < -0.3 is 20.3 Å². The van der Waals surface area contributed by atoms with E-state index in [-0.39, 0.29) is 0 Å². The largest absolute Gasteiger partial charge is 0.389 e. The van der Waals surface area contributed by atoms with E-state index in [2.05, 4.69) is 33.1 Å². The predicted molar refractivity (Wildman–Crippen MR) is 180 cm³/mol. The molecular formula is C35H35FN6O2S. The minimum Gasteiger partial charge on any atom is -0.389 e. The minimum atomic E-state index is -1.14. The summed E-state index contributed by atoms with van der Waals surface area (Å²) in [5.41, 5.74) is 3.82. The standard InChI is InChI=1S/C35H35FN6O2S/c1-21-28(10-11-31-30(21)19-39-42(31)20-34(2,3)43)33-29-17-32(38-18-22(29)12-13-37-33)40-25-6-8-27(9-7-25)45-41-26-15-23(35(4,5)44)14-24(36)16-26/h6-19,41,43-44H,20H2,1-5H3,(H,38,40). The SMILES string of the molecule is Cc1c(-c2nccc3cnc(Nc4ccc(SNc5cc(F)cc(C(C)(C)O)c5)cc4)cc23)ccc2c1cnn2CC(C)(C)O. The van der Waals surface area contributed by atoms with Gasteiger partial charge in [-0.3, -0.25) is 9.67 Å². The van der Waals surface area contributed by atoms with Crippen LogP contribution >= 0.6 is 11.9 Å². The topological polar surface area (TPSA) is 108 Å². The third-order valence-electron chi connectivity index (χ3n) is 7.55. The molecule has 0 aliphatic carbocycles. The fourth-order valence-corrected chi connectivity index (χ4v) is 5.89. The van der Waals surface area contributed by atoms with Crippen molar-refractivity contribution in [3.05, 3.63) is 102 Å². The molecule has 8 nitrogen and oxygen atoms in total. The van der Waals surface area contributed by atoms with E-state index in [0.29, 0.717) is 23.6 Å². The smallest absolute Gasteiger partial charge is 0.130 e. The molecule has 0 fully saturated rings. The zero-order valence-electron chi connectivity index (χ0n) is 25.8. The third-order valence-corrected chi connectivity index (χ3v) is 8.40. The van der Waals surface area contributed by atoms with E-state index in [1.807, 2.05) is 59.5 Å². The Morgan fingerprint density at radius 1 is 0.867 bits per heavy atom. The Hall–Kier alpha value is -4.51. The Balaban J connectivity index is 1.22. The lowest BCUT2D eigenvalue weighted by Gasteiger charge is -2.19. The van der Waals surface area contributed by atoms with Crippen molar-refractivity contribution in [2.75, 3.05) is 10.0 Å². The normalized spacial score (nSPS) is 12.2. The third kappa shape index (κ3) is 6.78. The predicted octanol–water partition coefficient (Wildman–Crippen LogP) is 7.96. The molecule has 3 heterocycles. The molecule has 0 radical (unpaired) electrons. The molecule has 0 aliphatic heterocycles. The Morgan fingerprint density at radius 3 is 2.38 bits per heavy atom. The number of nitrogens with zero attached hydrogens (tertiary/aromatic N) is 4. The van der Waals surface area contributed by atoms with Gasteiger partial charge in [0.05, 0.1) is 35.2 Å². The molecule has 0 spiro atoms. The Morgan fingerprint density at radius 2 is 1.64 bits per heavy atom. The van der Waals surface area contributed by atoms with E-state index in [0.717, 1.165) is 49.1 Å². The van der Waals surface area contributed by atoms with Crippen molar-refractivity contribution in [3.63, 3.8) is 0 Å². The van der Waals surface area contributed by atoms with E-state index < -0.39 is 17.0 Å². The highest BCUT2D eigenvalue weighted by molar-refractivity contribution is 8.00. The van der Waals surface area contributed by atoms with E-state index >= 15 is 0 Å². The molecule has 0 saturated carbocycles. The maximum absolute atomic E-state index is 14.1. The summed E-state index contributed by atoms with van der Waals surface area (Å²) in [4.78, 5) is 10.3. The number of pyridine rings is 2.